The largest absolute Gasteiger partial charge is 0.493 e. The molecule has 0 bridgehead atoms. The van der Waals surface area contributed by atoms with Crippen LogP contribution in [0.3, 0.4) is 0 Å². The van der Waals surface area contributed by atoms with Crippen molar-refractivity contribution >= 4 is 104 Å². The monoisotopic (exact) mass is 708 g/mol. The molecule has 0 saturated heterocycles. The molecule has 0 atom stereocenters. The van der Waals surface area contributed by atoms with Gasteiger partial charge in [-0.25, -0.2) is 5.43 Å². The number of carbonyl (C=O) groups is 3. The van der Waals surface area contributed by atoms with E-state index >= 15 is 0 Å². The number of nitrogens with zero attached hydrogens (tertiary/aromatic N) is 1. The third-order valence-electron chi connectivity index (χ3n) is 4.59. The van der Waals surface area contributed by atoms with Crippen LogP contribution in [0.5, 0.6) is 11.5 Å². The molecule has 3 amide bonds. The lowest BCUT2D eigenvalue weighted by molar-refractivity contribution is -0.136. The van der Waals surface area contributed by atoms with Crippen molar-refractivity contribution in [3.63, 3.8) is 0 Å². The molecule has 0 aliphatic heterocycles. The molecule has 0 heterocycles. The SMILES string of the molecule is COc1cc(/C=N\NC(=O)C(=O)Nc2cccc(Cl)c2Cl)cc(I)c1OCC(=O)Nc1ccc(Cl)c(Cl)c1. The van der Waals surface area contributed by atoms with Crippen molar-refractivity contribution in [3.05, 3.63) is 77.8 Å². The Kier molecular flexibility index (Phi) is 10.9. The Bertz CT molecular complexity index is 1420. The van der Waals surface area contributed by atoms with Crippen LogP contribution in [0.4, 0.5) is 11.4 Å². The molecule has 3 aromatic carbocycles. The van der Waals surface area contributed by atoms with Crippen molar-refractivity contribution in [2.45, 2.75) is 0 Å². The Morgan fingerprint density at radius 2 is 1.71 bits per heavy atom. The highest BCUT2D eigenvalue weighted by atomic mass is 127. The standard InChI is InChI=1S/C24H17Cl4IN4O5/c1-37-19-8-12(10-30-33-24(36)23(35)32-18-4-2-3-15(26)21(18)28)7-17(29)22(19)38-11-20(34)31-13-5-6-14(25)16(27)9-13/h2-10H,11H2,1H3,(H,31,34)(H,32,35)(H,33,36)/b30-10-. The van der Waals surface area contributed by atoms with Gasteiger partial charge in [-0.1, -0.05) is 52.5 Å². The van der Waals surface area contributed by atoms with E-state index in [2.05, 4.69) is 21.2 Å². The van der Waals surface area contributed by atoms with Gasteiger partial charge in [0, 0.05) is 5.69 Å². The fourth-order valence-electron chi connectivity index (χ4n) is 2.86. The number of benzene rings is 3. The second kappa shape index (κ2) is 13.9. The second-order valence-corrected chi connectivity index (χ2v) is 10.0. The first-order valence-electron chi connectivity index (χ1n) is 10.4. The lowest BCUT2D eigenvalue weighted by Gasteiger charge is -2.13. The number of anilines is 2. The molecule has 0 radical (unpaired) electrons. The number of halogens is 5. The van der Waals surface area contributed by atoms with Crippen LogP contribution < -0.4 is 25.5 Å². The lowest BCUT2D eigenvalue weighted by Crippen LogP contribution is -2.32. The summed E-state index contributed by atoms with van der Waals surface area (Å²) in [4.78, 5) is 36.5. The van der Waals surface area contributed by atoms with E-state index in [1.54, 1.807) is 36.4 Å². The van der Waals surface area contributed by atoms with Crippen LogP contribution in [0.15, 0.2) is 53.6 Å². The van der Waals surface area contributed by atoms with Crippen molar-refractivity contribution in [1.29, 1.82) is 0 Å². The lowest BCUT2D eigenvalue weighted by atomic mass is 10.2. The molecule has 0 unspecified atom stereocenters. The average Bonchev–Trinajstić information content (AvgIpc) is 2.87. The minimum Gasteiger partial charge on any atom is -0.493 e. The maximum atomic E-state index is 12.3. The van der Waals surface area contributed by atoms with Crippen LogP contribution in [0.2, 0.25) is 20.1 Å². The minimum atomic E-state index is -1.02. The van der Waals surface area contributed by atoms with Gasteiger partial charge >= 0.3 is 11.8 Å². The van der Waals surface area contributed by atoms with Crippen LogP contribution in [0.25, 0.3) is 0 Å². The first kappa shape index (κ1) is 29.8. The van der Waals surface area contributed by atoms with Gasteiger partial charge in [0.25, 0.3) is 5.91 Å². The van der Waals surface area contributed by atoms with E-state index in [0.717, 1.165) is 0 Å². The number of hydrazone groups is 1. The highest BCUT2D eigenvalue weighted by Gasteiger charge is 2.16. The van der Waals surface area contributed by atoms with Crippen molar-refractivity contribution in [2.75, 3.05) is 24.4 Å². The molecule has 0 aromatic heterocycles. The van der Waals surface area contributed by atoms with Gasteiger partial charge in [0.05, 0.1) is 42.7 Å². The minimum absolute atomic E-state index is 0.106. The van der Waals surface area contributed by atoms with Crippen LogP contribution in [-0.4, -0.2) is 37.7 Å². The van der Waals surface area contributed by atoms with E-state index in [9.17, 15) is 14.4 Å². The highest BCUT2D eigenvalue weighted by Crippen LogP contribution is 2.34. The molecule has 0 spiro atoms. The molecular formula is C24H17Cl4IN4O5. The van der Waals surface area contributed by atoms with E-state index < -0.39 is 17.7 Å². The fraction of sp³-hybridized carbons (Fsp3) is 0.0833. The van der Waals surface area contributed by atoms with E-state index in [-0.39, 0.29) is 22.3 Å². The molecule has 0 aliphatic rings. The second-order valence-electron chi connectivity index (χ2n) is 7.25. The summed E-state index contributed by atoms with van der Waals surface area (Å²) < 4.78 is 11.6. The molecule has 3 rings (SSSR count). The topological polar surface area (TPSA) is 118 Å². The maximum absolute atomic E-state index is 12.3. The third kappa shape index (κ3) is 8.11. The molecular weight excluding hydrogens is 693 g/mol. The van der Waals surface area contributed by atoms with Gasteiger partial charge in [-0.15, -0.1) is 0 Å². The summed E-state index contributed by atoms with van der Waals surface area (Å²) in [6, 6.07) is 12.6. The number of ether oxygens (including phenoxy) is 2. The summed E-state index contributed by atoms with van der Waals surface area (Å²) in [6.45, 7) is -0.304. The summed E-state index contributed by atoms with van der Waals surface area (Å²) in [5.41, 5.74) is 3.30. The van der Waals surface area contributed by atoms with Gasteiger partial charge in [0.2, 0.25) is 0 Å². The zero-order valence-corrected chi connectivity index (χ0v) is 24.5. The summed E-state index contributed by atoms with van der Waals surface area (Å²) in [5, 5.41) is 9.82. The fourth-order valence-corrected chi connectivity index (χ4v) is 4.29. The summed E-state index contributed by atoms with van der Waals surface area (Å²) in [6.07, 6.45) is 1.31. The number of hydrogen-bond acceptors (Lipinski definition) is 6. The zero-order chi connectivity index (χ0) is 27.8. The van der Waals surface area contributed by atoms with E-state index in [4.69, 9.17) is 55.9 Å². The Morgan fingerprint density at radius 3 is 2.42 bits per heavy atom. The third-order valence-corrected chi connectivity index (χ3v) is 6.95. The number of amides is 3. The molecule has 3 N–H and O–H groups in total. The van der Waals surface area contributed by atoms with Gasteiger partial charge in [0.15, 0.2) is 18.1 Å². The quantitative estimate of drug-likeness (QED) is 0.115. The summed E-state index contributed by atoms with van der Waals surface area (Å²) in [5.74, 6) is -1.78. The summed E-state index contributed by atoms with van der Waals surface area (Å²) in [7, 11) is 1.43. The molecule has 198 valence electrons. The van der Waals surface area contributed by atoms with Gasteiger partial charge in [0.1, 0.15) is 0 Å². The Morgan fingerprint density at radius 1 is 0.947 bits per heavy atom. The number of nitrogens with one attached hydrogen (secondary N) is 3. The Hall–Kier alpha value is -2.77. The maximum Gasteiger partial charge on any atom is 0.329 e. The van der Waals surface area contributed by atoms with Crippen molar-refractivity contribution in [1.82, 2.24) is 5.43 Å². The smallest absolute Gasteiger partial charge is 0.329 e. The van der Waals surface area contributed by atoms with Gasteiger partial charge in [-0.05, 0) is 70.6 Å². The van der Waals surface area contributed by atoms with Crippen molar-refractivity contribution in [2.24, 2.45) is 5.10 Å². The highest BCUT2D eigenvalue weighted by molar-refractivity contribution is 14.1. The van der Waals surface area contributed by atoms with Gasteiger partial charge in [-0.3, -0.25) is 14.4 Å². The first-order valence-corrected chi connectivity index (χ1v) is 13.0. The van der Waals surface area contributed by atoms with E-state index in [1.165, 1.54) is 25.5 Å². The number of rotatable bonds is 8. The van der Waals surface area contributed by atoms with Crippen LogP contribution in [0, 0.1) is 3.57 Å². The summed E-state index contributed by atoms with van der Waals surface area (Å²) >= 11 is 25.8. The molecule has 0 aliphatic carbocycles. The number of carbonyl (C=O) groups excluding carboxylic acids is 3. The molecule has 38 heavy (non-hydrogen) atoms. The molecule has 3 aromatic rings. The Balaban J connectivity index is 1.59. The predicted octanol–water partition coefficient (Wildman–Crippen LogP) is 6.02. The number of methoxy groups -OCH3 is 1. The molecule has 14 heteroatoms. The van der Waals surface area contributed by atoms with Crippen molar-refractivity contribution < 1.29 is 23.9 Å². The van der Waals surface area contributed by atoms with Crippen LogP contribution >= 0.6 is 69.0 Å². The molecule has 0 saturated carbocycles. The van der Waals surface area contributed by atoms with Gasteiger partial charge < -0.3 is 20.1 Å². The molecule has 0 fully saturated rings. The average molecular weight is 710 g/mol. The van der Waals surface area contributed by atoms with Crippen LogP contribution in [0.1, 0.15) is 5.56 Å². The normalized spacial score (nSPS) is 10.7. The Labute approximate surface area is 250 Å². The zero-order valence-electron chi connectivity index (χ0n) is 19.3. The van der Waals surface area contributed by atoms with Gasteiger partial charge in [-0.2, -0.15) is 5.10 Å². The van der Waals surface area contributed by atoms with Crippen LogP contribution in [-0.2, 0) is 14.4 Å². The van der Waals surface area contributed by atoms with E-state index in [0.29, 0.717) is 36.4 Å². The number of hydrogen-bond donors (Lipinski definition) is 3. The van der Waals surface area contributed by atoms with E-state index in [1.807, 2.05) is 22.6 Å². The first-order chi connectivity index (χ1) is 18.1. The molecule has 9 nitrogen and oxygen atoms in total. The van der Waals surface area contributed by atoms with Crippen molar-refractivity contribution in [3.8, 4) is 11.5 Å². The predicted molar refractivity (Wildman–Crippen MR) is 157 cm³/mol.